The van der Waals surface area contributed by atoms with Crippen LogP contribution in [0.5, 0.6) is 0 Å². The zero-order chi connectivity index (χ0) is 18.6. The maximum absolute atomic E-state index is 13.1. The Morgan fingerprint density at radius 1 is 1.27 bits per heavy atom. The van der Waals surface area contributed by atoms with E-state index in [9.17, 15) is 14.0 Å². The Labute approximate surface area is 157 Å². The van der Waals surface area contributed by atoms with E-state index in [0.717, 1.165) is 11.1 Å². The summed E-state index contributed by atoms with van der Waals surface area (Å²) in [6.07, 6.45) is 2.75. The van der Waals surface area contributed by atoms with Crippen molar-refractivity contribution in [2.45, 2.75) is 44.2 Å². The number of nitrogens with one attached hydrogen (secondary N) is 1. The van der Waals surface area contributed by atoms with Crippen LogP contribution in [0.2, 0.25) is 0 Å². The standard InChI is InChI=1S/C20H23FN2O2S/c1-23(13-16-8-11-26-14-16)19(25)7-10-20(9-6-18(24)22-20)12-15-2-4-17(21)5-3-15/h2-5,8,11,14H,6-7,9-10,12-13H2,1H3,(H,22,24). The van der Waals surface area contributed by atoms with Crippen LogP contribution >= 0.6 is 11.3 Å². The summed E-state index contributed by atoms with van der Waals surface area (Å²) < 4.78 is 13.1. The molecule has 1 saturated heterocycles. The quantitative estimate of drug-likeness (QED) is 0.806. The van der Waals surface area contributed by atoms with Crippen molar-refractivity contribution < 1.29 is 14.0 Å². The molecule has 1 unspecified atom stereocenters. The van der Waals surface area contributed by atoms with Crippen molar-refractivity contribution in [2.24, 2.45) is 0 Å². The zero-order valence-electron chi connectivity index (χ0n) is 14.8. The topological polar surface area (TPSA) is 49.4 Å². The van der Waals surface area contributed by atoms with Crippen molar-refractivity contribution in [3.8, 4) is 0 Å². The summed E-state index contributed by atoms with van der Waals surface area (Å²) in [7, 11) is 1.81. The number of amides is 2. The summed E-state index contributed by atoms with van der Waals surface area (Å²) in [4.78, 5) is 26.1. The van der Waals surface area contributed by atoms with E-state index in [0.29, 0.717) is 38.6 Å². The number of nitrogens with zero attached hydrogens (tertiary/aromatic N) is 1. The lowest BCUT2D eigenvalue weighted by Crippen LogP contribution is -2.44. The van der Waals surface area contributed by atoms with Crippen molar-refractivity contribution >= 4 is 23.2 Å². The molecule has 138 valence electrons. The van der Waals surface area contributed by atoms with Gasteiger partial charge in [-0.25, -0.2) is 4.39 Å². The molecule has 6 heteroatoms. The monoisotopic (exact) mass is 374 g/mol. The molecule has 1 atom stereocenters. The average Bonchev–Trinajstić information content (AvgIpc) is 3.25. The minimum Gasteiger partial charge on any atom is -0.350 e. The van der Waals surface area contributed by atoms with Crippen molar-refractivity contribution in [3.05, 3.63) is 58.0 Å². The fourth-order valence-electron chi connectivity index (χ4n) is 3.46. The molecule has 2 aromatic rings. The molecule has 2 heterocycles. The third-order valence-electron chi connectivity index (χ3n) is 4.93. The Kier molecular flexibility index (Phi) is 5.71. The molecule has 0 bridgehead atoms. The molecule has 1 fully saturated rings. The van der Waals surface area contributed by atoms with Gasteiger partial charge < -0.3 is 10.2 Å². The molecule has 26 heavy (non-hydrogen) atoms. The maximum Gasteiger partial charge on any atom is 0.222 e. The second-order valence-electron chi connectivity index (χ2n) is 7.01. The minimum atomic E-state index is -0.423. The lowest BCUT2D eigenvalue weighted by Gasteiger charge is -2.30. The first-order valence-electron chi connectivity index (χ1n) is 8.76. The van der Waals surface area contributed by atoms with E-state index >= 15 is 0 Å². The molecule has 1 aromatic heterocycles. The lowest BCUT2D eigenvalue weighted by molar-refractivity contribution is -0.131. The molecule has 1 aliphatic rings. The molecular formula is C20H23FN2O2S. The van der Waals surface area contributed by atoms with Crippen LogP contribution in [0.1, 0.15) is 36.8 Å². The van der Waals surface area contributed by atoms with E-state index < -0.39 is 5.54 Å². The summed E-state index contributed by atoms with van der Waals surface area (Å²) in [5.41, 5.74) is 1.67. The van der Waals surface area contributed by atoms with Gasteiger partial charge in [0.15, 0.2) is 0 Å². The molecular weight excluding hydrogens is 351 g/mol. The van der Waals surface area contributed by atoms with Crippen molar-refractivity contribution in [3.63, 3.8) is 0 Å². The highest BCUT2D eigenvalue weighted by atomic mass is 32.1. The highest BCUT2D eigenvalue weighted by Gasteiger charge is 2.38. The number of halogens is 1. The van der Waals surface area contributed by atoms with Crippen LogP contribution in [0.3, 0.4) is 0 Å². The van der Waals surface area contributed by atoms with E-state index in [4.69, 9.17) is 0 Å². The molecule has 1 N–H and O–H groups in total. The molecule has 0 saturated carbocycles. The van der Waals surface area contributed by atoms with Crippen LogP contribution in [-0.4, -0.2) is 29.3 Å². The molecule has 0 aliphatic carbocycles. The number of hydrogen-bond acceptors (Lipinski definition) is 3. The third-order valence-corrected chi connectivity index (χ3v) is 5.67. The number of carbonyl (C=O) groups is 2. The van der Waals surface area contributed by atoms with Gasteiger partial charge in [0, 0.05) is 32.0 Å². The van der Waals surface area contributed by atoms with Crippen molar-refractivity contribution in [2.75, 3.05) is 7.05 Å². The number of rotatable bonds is 7. The summed E-state index contributed by atoms with van der Waals surface area (Å²) in [6, 6.07) is 8.36. The Bertz CT molecular complexity index is 761. The summed E-state index contributed by atoms with van der Waals surface area (Å²) in [5, 5.41) is 7.11. The van der Waals surface area contributed by atoms with Crippen LogP contribution < -0.4 is 5.32 Å². The Morgan fingerprint density at radius 2 is 2.04 bits per heavy atom. The van der Waals surface area contributed by atoms with Gasteiger partial charge >= 0.3 is 0 Å². The number of thiophene rings is 1. The molecule has 1 aromatic carbocycles. The lowest BCUT2D eigenvalue weighted by atomic mass is 9.85. The number of benzene rings is 1. The Balaban J connectivity index is 1.62. The van der Waals surface area contributed by atoms with Gasteiger partial charge in [0.2, 0.25) is 11.8 Å². The van der Waals surface area contributed by atoms with Crippen LogP contribution in [-0.2, 0) is 22.6 Å². The predicted molar refractivity (Wildman–Crippen MR) is 100 cm³/mol. The Hall–Kier alpha value is -2.21. The second-order valence-corrected chi connectivity index (χ2v) is 7.79. The van der Waals surface area contributed by atoms with Gasteiger partial charge in [0.25, 0.3) is 0 Å². The van der Waals surface area contributed by atoms with Gasteiger partial charge in [-0.05, 0) is 59.3 Å². The first-order chi connectivity index (χ1) is 12.5. The minimum absolute atomic E-state index is 0.0196. The summed E-state index contributed by atoms with van der Waals surface area (Å²) in [5.74, 6) is -0.189. The fourth-order valence-corrected chi connectivity index (χ4v) is 4.12. The van der Waals surface area contributed by atoms with Gasteiger partial charge in [-0.3, -0.25) is 9.59 Å². The summed E-state index contributed by atoms with van der Waals surface area (Å²) in [6.45, 7) is 0.597. The van der Waals surface area contributed by atoms with Gasteiger partial charge in [0.1, 0.15) is 5.82 Å². The molecule has 1 aliphatic heterocycles. The molecule has 2 amide bonds. The molecule has 0 radical (unpaired) electrons. The first-order valence-corrected chi connectivity index (χ1v) is 9.71. The van der Waals surface area contributed by atoms with Crippen molar-refractivity contribution in [1.82, 2.24) is 10.2 Å². The maximum atomic E-state index is 13.1. The van der Waals surface area contributed by atoms with E-state index in [1.165, 1.54) is 12.1 Å². The van der Waals surface area contributed by atoms with Crippen LogP contribution in [0.15, 0.2) is 41.1 Å². The van der Waals surface area contributed by atoms with Crippen LogP contribution in [0, 0.1) is 5.82 Å². The highest BCUT2D eigenvalue weighted by Crippen LogP contribution is 2.30. The predicted octanol–water partition coefficient (Wildman–Crippen LogP) is 3.52. The number of carbonyl (C=O) groups excluding carboxylic acids is 2. The van der Waals surface area contributed by atoms with E-state index in [-0.39, 0.29) is 17.6 Å². The number of hydrogen-bond donors (Lipinski definition) is 1. The molecule has 0 spiro atoms. The first kappa shape index (κ1) is 18.6. The van der Waals surface area contributed by atoms with Crippen LogP contribution in [0.25, 0.3) is 0 Å². The summed E-state index contributed by atoms with van der Waals surface area (Å²) >= 11 is 1.62. The van der Waals surface area contributed by atoms with Crippen LogP contribution in [0.4, 0.5) is 4.39 Å². The fraction of sp³-hybridized carbons (Fsp3) is 0.400. The van der Waals surface area contributed by atoms with Gasteiger partial charge in [-0.1, -0.05) is 12.1 Å². The van der Waals surface area contributed by atoms with E-state index in [1.54, 1.807) is 35.4 Å². The second kappa shape index (κ2) is 7.99. The Morgan fingerprint density at radius 3 is 2.65 bits per heavy atom. The molecule has 4 nitrogen and oxygen atoms in total. The smallest absolute Gasteiger partial charge is 0.222 e. The zero-order valence-corrected chi connectivity index (χ0v) is 15.7. The normalized spacial score (nSPS) is 19.4. The van der Waals surface area contributed by atoms with Gasteiger partial charge in [-0.2, -0.15) is 11.3 Å². The average molecular weight is 374 g/mol. The van der Waals surface area contributed by atoms with E-state index in [1.807, 2.05) is 16.8 Å². The SMILES string of the molecule is CN(Cc1ccsc1)C(=O)CCC1(Cc2ccc(F)cc2)CCC(=O)N1. The van der Waals surface area contributed by atoms with E-state index in [2.05, 4.69) is 5.32 Å². The highest BCUT2D eigenvalue weighted by molar-refractivity contribution is 7.07. The van der Waals surface area contributed by atoms with Crippen molar-refractivity contribution in [1.29, 1.82) is 0 Å². The van der Waals surface area contributed by atoms with Gasteiger partial charge in [0.05, 0.1) is 0 Å². The largest absolute Gasteiger partial charge is 0.350 e. The molecule has 3 rings (SSSR count). The van der Waals surface area contributed by atoms with Gasteiger partial charge in [-0.15, -0.1) is 0 Å². The third kappa shape index (κ3) is 4.69.